The van der Waals surface area contributed by atoms with Gasteiger partial charge in [0.1, 0.15) is 11.4 Å². The van der Waals surface area contributed by atoms with Gasteiger partial charge in [-0.25, -0.2) is 0 Å². The van der Waals surface area contributed by atoms with Crippen LogP contribution in [0, 0.1) is 5.41 Å². The van der Waals surface area contributed by atoms with Gasteiger partial charge in [-0.15, -0.1) is 0 Å². The van der Waals surface area contributed by atoms with Crippen LogP contribution < -0.4 is 0 Å². The average molecular weight is 425 g/mol. The Morgan fingerprint density at radius 1 is 1.33 bits per heavy atom. The van der Waals surface area contributed by atoms with E-state index >= 15 is 0 Å². The van der Waals surface area contributed by atoms with E-state index in [-0.39, 0.29) is 35.7 Å². The summed E-state index contributed by atoms with van der Waals surface area (Å²) in [6.45, 7) is 7.55. The minimum Gasteiger partial charge on any atom is -0.375 e. The second-order valence-electron chi connectivity index (χ2n) is 9.61. The summed E-state index contributed by atoms with van der Waals surface area (Å²) in [7, 11) is 0. The fraction of sp³-hybridized carbons (Fsp3) is 0.667. The minimum atomic E-state index is -4.89. The first-order chi connectivity index (χ1) is 13.8. The van der Waals surface area contributed by atoms with Crippen LogP contribution in [0.3, 0.4) is 0 Å². The number of aliphatic hydroxyl groups is 1. The molecule has 164 valence electrons. The number of alkyl halides is 3. The number of carbonyl (C=O) groups excluding carboxylic acids is 1. The van der Waals surface area contributed by atoms with Gasteiger partial charge in [-0.05, 0) is 42.7 Å². The molecule has 3 heterocycles. The molecule has 6 nitrogen and oxygen atoms in total. The SMILES string of the molecule is C[C@H]1CN(C(=O)C2=NCC3=C2CCC(C)(C)C3)Cc2onc([C@@](C)(O)C(F)(F)F)c21. The molecule has 1 amide bonds. The lowest BCUT2D eigenvalue weighted by atomic mass is 9.74. The van der Waals surface area contributed by atoms with Crippen LogP contribution in [0.2, 0.25) is 0 Å². The van der Waals surface area contributed by atoms with Crippen LogP contribution in [0.25, 0.3) is 0 Å². The van der Waals surface area contributed by atoms with Crippen LogP contribution in [0.1, 0.15) is 69.9 Å². The molecule has 9 heteroatoms. The molecule has 1 aromatic rings. The topological polar surface area (TPSA) is 78.9 Å². The normalized spacial score (nSPS) is 25.5. The Labute approximate surface area is 172 Å². The third-order valence-corrected chi connectivity index (χ3v) is 6.51. The summed E-state index contributed by atoms with van der Waals surface area (Å²) < 4.78 is 45.1. The Morgan fingerprint density at radius 2 is 2.03 bits per heavy atom. The predicted molar refractivity (Wildman–Crippen MR) is 103 cm³/mol. The maximum Gasteiger partial charge on any atom is 0.422 e. The molecule has 0 unspecified atom stereocenters. The Balaban J connectivity index is 1.58. The van der Waals surface area contributed by atoms with Gasteiger partial charge in [0.2, 0.25) is 5.60 Å². The highest BCUT2D eigenvalue weighted by atomic mass is 19.4. The quantitative estimate of drug-likeness (QED) is 0.781. The van der Waals surface area contributed by atoms with E-state index < -0.39 is 23.4 Å². The van der Waals surface area contributed by atoms with Crippen molar-refractivity contribution in [1.29, 1.82) is 0 Å². The summed E-state index contributed by atoms with van der Waals surface area (Å²) in [6, 6.07) is 0. The van der Waals surface area contributed by atoms with Crippen molar-refractivity contribution in [2.75, 3.05) is 13.1 Å². The van der Waals surface area contributed by atoms with E-state index in [0.29, 0.717) is 19.2 Å². The van der Waals surface area contributed by atoms with Gasteiger partial charge < -0.3 is 14.5 Å². The summed E-state index contributed by atoms with van der Waals surface area (Å²) in [6.07, 6.45) is -2.18. The van der Waals surface area contributed by atoms with Crippen molar-refractivity contribution in [2.45, 2.75) is 71.2 Å². The van der Waals surface area contributed by atoms with Crippen molar-refractivity contribution >= 4 is 11.6 Å². The van der Waals surface area contributed by atoms with Crippen LogP contribution in [0.4, 0.5) is 13.2 Å². The van der Waals surface area contributed by atoms with E-state index in [9.17, 15) is 23.1 Å². The fourth-order valence-electron chi connectivity index (χ4n) is 4.72. The van der Waals surface area contributed by atoms with Gasteiger partial charge in [-0.1, -0.05) is 25.9 Å². The average Bonchev–Trinajstić information content (AvgIpc) is 3.23. The van der Waals surface area contributed by atoms with Crippen molar-refractivity contribution in [1.82, 2.24) is 10.1 Å². The highest BCUT2D eigenvalue weighted by Crippen LogP contribution is 2.44. The van der Waals surface area contributed by atoms with Gasteiger partial charge in [-0.3, -0.25) is 9.79 Å². The third kappa shape index (κ3) is 3.27. The van der Waals surface area contributed by atoms with Gasteiger partial charge in [0.05, 0.1) is 13.1 Å². The van der Waals surface area contributed by atoms with Crippen molar-refractivity contribution < 1.29 is 27.6 Å². The number of carbonyl (C=O) groups is 1. The van der Waals surface area contributed by atoms with Crippen molar-refractivity contribution in [3.63, 3.8) is 0 Å². The number of aromatic nitrogens is 1. The monoisotopic (exact) mass is 425 g/mol. The molecular weight excluding hydrogens is 399 g/mol. The standard InChI is InChI=1S/C21H26F3N3O3/c1-11-9-27(10-14-15(11)17(26-30-14)20(4,29)21(22,23)24)18(28)16-13-5-6-19(2,3)7-12(13)8-25-16/h11,29H,5-10H2,1-4H3/t11-,20+/m0/s1. The van der Waals surface area contributed by atoms with Crippen molar-refractivity contribution in [3.05, 3.63) is 28.2 Å². The van der Waals surface area contributed by atoms with Gasteiger partial charge >= 0.3 is 6.18 Å². The molecule has 0 spiro atoms. The molecule has 2 aliphatic heterocycles. The Bertz CT molecular complexity index is 956. The van der Waals surface area contributed by atoms with Crippen LogP contribution in [-0.2, 0) is 16.9 Å². The number of amides is 1. The lowest BCUT2D eigenvalue weighted by Gasteiger charge is -2.33. The van der Waals surface area contributed by atoms with E-state index in [0.717, 1.165) is 24.8 Å². The van der Waals surface area contributed by atoms with Crippen LogP contribution in [0.5, 0.6) is 0 Å². The fourth-order valence-corrected chi connectivity index (χ4v) is 4.72. The van der Waals surface area contributed by atoms with Crippen molar-refractivity contribution in [2.24, 2.45) is 10.4 Å². The van der Waals surface area contributed by atoms with E-state index in [4.69, 9.17) is 4.52 Å². The van der Waals surface area contributed by atoms with E-state index in [2.05, 4.69) is 24.0 Å². The molecule has 3 aliphatic rings. The van der Waals surface area contributed by atoms with Crippen molar-refractivity contribution in [3.8, 4) is 0 Å². The Hall–Kier alpha value is -2.16. The number of hydrogen-bond donors (Lipinski definition) is 1. The molecule has 1 aromatic heterocycles. The Morgan fingerprint density at radius 3 is 2.70 bits per heavy atom. The summed E-state index contributed by atoms with van der Waals surface area (Å²) in [5.74, 6) is -0.509. The van der Waals surface area contributed by atoms with Gasteiger partial charge in [0.15, 0.2) is 5.76 Å². The van der Waals surface area contributed by atoms with E-state index in [1.165, 1.54) is 5.57 Å². The summed E-state index contributed by atoms with van der Waals surface area (Å²) in [5.41, 5.74) is -0.504. The largest absolute Gasteiger partial charge is 0.422 e. The van der Waals surface area contributed by atoms with E-state index in [1.54, 1.807) is 11.8 Å². The number of rotatable bonds is 2. The first kappa shape index (κ1) is 21.1. The molecule has 0 saturated carbocycles. The molecule has 2 atom stereocenters. The summed E-state index contributed by atoms with van der Waals surface area (Å²) in [5, 5.41) is 13.6. The highest BCUT2D eigenvalue weighted by molar-refractivity contribution is 6.46. The third-order valence-electron chi connectivity index (χ3n) is 6.51. The molecule has 4 rings (SSSR count). The smallest absolute Gasteiger partial charge is 0.375 e. The van der Waals surface area contributed by atoms with Gasteiger partial charge in [-0.2, -0.15) is 13.2 Å². The molecule has 0 aromatic carbocycles. The van der Waals surface area contributed by atoms with Crippen LogP contribution >= 0.6 is 0 Å². The Kier molecular flexibility index (Phi) is 4.69. The minimum absolute atomic E-state index is 0.00652. The number of aliphatic imine (C=N–C) groups is 1. The van der Waals surface area contributed by atoms with Gasteiger partial charge in [0, 0.05) is 18.0 Å². The highest BCUT2D eigenvalue weighted by Gasteiger charge is 2.55. The zero-order chi connectivity index (χ0) is 22.1. The van der Waals surface area contributed by atoms with E-state index in [1.807, 2.05) is 0 Å². The molecule has 0 radical (unpaired) electrons. The van der Waals surface area contributed by atoms with Gasteiger partial charge in [0.25, 0.3) is 5.91 Å². The van der Waals surface area contributed by atoms with Crippen LogP contribution in [-0.4, -0.2) is 46.0 Å². The summed E-state index contributed by atoms with van der Waals surface area (Å²) >= 11 is 0. The molecule has 0 saturated heterocycles. The van der Waals surface area contributed by atoms with Crippen LogP contribution in [0.15, 0.2) is 20.7 Å². The molecule has 0 fully saturated rings. The predicted octanol–water partition coefficient (Wildman–Crippen LogP) is 3.85. The summed E-state index contributed by atoms with van der Waals surface area (Å²) in [4.78, 5) is 19.3. The zero-order valence-corrected chi connectivity index (χ0v) is 17.6. The maximum absolute atomic E-state index is 13.3. The second kappa shape index (κ2) is 6.67. The lowest BCUT2D eigenvalue weighted by molar-refractivity contribution is -0.261. The molecule has 30 heavy (non-hydrogen) atoms. The number of nitrogens with zero attached hydrogens (tertiary/aromatic N) is 3. The second-order valence-corrected chi connectivity index (χ2v) is 9.61. The maximum atomic E-state index is 13.3. The first-order valence-electron chi connectivity index (χ1n) is 10.1. The number of halogens is 3. The lowest BCUT2D eigenvalue weighted by Crippen LogP contribution is -2.44. The number of fused-ring (bicyclic) bond motifs is 1. The zero-order valence-electron chi connectivity index (χ0n) is 17.6. The molecule has 0 bridgehead atoms. The molecule has 1 N–H and O–H groups in total. The first-order valence-corrected chi connectivity index (χ1v) is 10.1. The number of hydrogen-bond acceptors (Lipinski definition) is 5. The molecule has 1 aliphatic carbocycles. The molecular formula is C21H26F3N3O3.